The van der Waals surface area contributed by atoms with Crippen LogP contribution in [-0.2, 0) is 23.6 Å². The average molecular weight is 371 g/mol. The molecule has 0 amide bonds. The average Bonchev–Trinajstić information content (AvgIpc) is 3.07. The number of nitrogens with zero attached hydrogens (tertiary/aromatic N) is 3. The van der Waals surface area contributed by atoms with E-state index < -0.39 is 15.8 Å². The number of aryl methyl sites for hydroxylation is 1. The lowest BCUT2D eigenvalue weighted by Crippen LogP contribution is -2.38. The Bertz CT molecular complexity index is 1060. The first-order chi connectivity index (χ1) is 12.4. The smallest absolute Gasteiger partial charge is 0.243 e. The van der Waals surface area contributed by atoms with Crippen molar-refractivity contribution in [1.82, 2.24) is 14.1 Å². The molecule has 2 aromatic carbocycles. The van der Waals surface area contributed by atoms with E-state index in [1.54, 1.807) is 10.9 Å². The molecule has 0 saturated heterocycles. The Balaban J connectivity index is 1.78. The minimum atomic E-state index is -3.80. The Labute approximate surface area is 151 Å². The maximum absolute atomic E-state index is 13.6. The summed E-state index contributed by atoms with van der Waals surface area (Å²) in [4.78, 5) is -0.0261. The molecular weight excluding hydrogens is 353 g/mol. The van der Waals surface area contributed by atoms with Crippen molar-refractivity contribution in [3.8, 4) is 0 Å². The molecular formula is C19H18FN3O2S. The van der Waals surface area contributed by atoms with Crippen LogP contribution in [-0.4, -0.2) is 29.0 Å². The molecule has 26 heavy (non-hydrogen) atoms. The van der Waals surface area contributed by atoms with Crippen molar-refractivity contribution < 1.29 is 12.8 Å². The number of fused-ring (bicyclic) bond motifs is 1. The second-order valence-corrected chi connectivity index (χ2v) is 8.39. The van der Waals surface area contributed by atoms with Gasteiger partial charge in [-0.2, -0.15) is 9.40 Å². The Morgan fingerprint density at radius 2 is 1.96 bits per heavy atom. The van der Waals surface area contributed by atoms with Gasteiger partial charge in [-0.25, -0.2) is 12.8 Å². The molecule has 1 unspecified atom stereocenters. The molecule has 0 N–H and O–H groups in total. The van der Waals surface area contributed by atoms with E-state index in [1.165, 1.54) is 22.5 Å². The normalized spacial score (nSPS) is 17.8. The third-order valence-electron chi connectivity index (χ3n) is 4.72. The van der Waals surface area contributed by atoms with E-state index in [4.69, 9.17) is 0 Å². The van der Waals surface area contributed by atoms with E-state index in [0.717, 1.165) is 22.8 Å². The van der Waals surface area contributed by atoms with Gasteiger partial charge in [0, 0.05) is 32.3 Å². The SMILES string of the molecule is Cn1cc(C2CN(S(=O)(=O)c3cccc(F)c3)Cc3ccccc32)cn1. The van der Waals surface area contributed by atoms with Crippen molar-refractivity contribution in [2.45, 2.75) is 17.4 Å². The van der Waals surface area contributed by atoms with Crippen molar-refractivity contribution in [2.24, 2.45) is 7.05 Å². The van der Waals surface area contributed by atoms with E-state index >= 15 is 0 Å². The second kappa shape index (κ2) is 6.34. The fourth-order valence-electron chi connectivity index (χ4n) is 3.44. The van der Waals surface area contributed by atoms with Crippen LogP contribution in [0.4, 0.5) is 4.39 Å². The number of hydrogen-bond acceptors (Lipinski definition) is 3. The third kappa shape index (κ3) is 2.93. The monoisotopic (exact) mass is 371 g/mol. The quantitative estimate of drug-likeness (QED) is 0.711. The van der Waals surface area contributed by atoms with Crippen LogP contribution in [0.5, 0.6) is 0 Å². The zero-order valence-electron chi connectivity index (χ0n) is 14.2. The topological polar surface area (TPSA) is 55.2 Å². The van der Waals surface area contributed by atoms with Gasteiger partial charge in [0.2, 0.25) is 10.0 Å². The van der Waals surface area contributed by atoms with Crippen LogP contribution >= 0.6 is 0 Å². The van der Waals surface area contributed by atoms with Crippen LogP contribution in [0.15, 0.2) is 65.8 Å². The summed E-state index contributed by atoms with van der Waals surface area (Å²) in [6.07, 6.45) is 3.67. The van der Waals surface area contributed by atoms with E-state index in [2.05, 4.69) is 5.10 Å². The van der Waals surface area contributed by atoms with Crippen LogP contribution in [0, 0.1) is 5.82 Å². The first-order valence-electron chi connectivity index (χ1n) is 8.27. The van der Waals surface area contributed by atoms with E-state index in [9.17, 15) is 12.8 Å². The first kappa shape index (κ1) is 16.9. The number of hydrogen-bond donors (Lipinski definition) is 0. The summed E-state index contributed by atoms with van der Waals surface area (Å²) < 4.78 is 42.8. The number of sulfonamides is 1. The van der Waals surface area contributed by atoms with Crippen LogP contribution in [0.1, 0.15) is 22.6 Å². The predicted octanol–water partition coefficient (Wildman–Crippen LogP) is 2.90. The molecule has 0 saturated carbocycles. The highest BCUT2D eigenvalue weighted by Gasteiger charge is 2.34. The maximum atomic E-state index is 13.6. The van der Waals surface area contributed by atoms with Gasteiger partial charge in [-0.05, 0) is 34.9 Å². The molecule has 2 heterocycles. The zero-order valence-corrected chi connectivity index (χ0v) is 15.0. The first-order valence-corrected chi connectivity index (χ1v) is 9.71. The lowest BCUT2D eigenvalue weighted by molar-refractivity contribution is 0.371. The van der Waals surface area contributed by atoms with Crippen molar-refractivity contribution >= 4 is 10.0 Å². The summed E-state index contributed by atoms with van der Waals surface area (Å²) >= 11 is 0. The highest BCUT2D eigenvalue weighted by molar-refractivity contribution is 7.89. The molecule has 0 bridgehead atoms. The summed E-state index contributed by atoms with van der Waals surface area (Å²) in [6.45, 7) is 0.563. The third-order valence-corrected chi connectivity index (χ3v) is 6.53. The van der Waals surface area contributed by atoms with Gasteiger partial charge < -0.3 is 0 Å². The molecule has 0 fully saturated rings. The molecule has 5 nitrogen and oxygen atoms in total. The predicted molar refractivity (Wildman–Crippen MR) is 95.5 cm³/mol. The molecule has 1 aliphatic heterocycles. The number of rotatable bonds is 3. The molecule has 0 radical (unpaired) electrons. The summed E-state index contributed by atoms with van der Waals surface area (Å²) in [5.41, 5.74) is 3.01. The number of halogens is 1. The molecule has 3 aromatic rings. The Hall–Kier alpha value is -2.51. The molecule has 134 valence electrons. The van der Waals surface area contributed by atoms with E-state index in [1.807, 2.05) is 37.5 Å². The molecule has 4 rings (SSSR count). The van der Waals surface area contributed by atoms with Crippen molar-refractivity contribution in [2.75, 3.05) is 6.54 Å². The van der Waals surface area contributed by atoms with Gasteiger partial charge in [-0.3, -0.25) is 4.68 Å². The van der Waals surface area contributed by atoms with Gasteiger partial charge in [0.25, 0.3) is 0 Å². The standard InChI is InChI=1S/C19H18FN3O2S/c1-22-11-15(10-21-22)19-13-23(12-14-5-2-3-8-18(14)19)26(24,25)17-7-4-6-16(20)9-17/h2-11,19H,12-13H2,1H3. The summed E-state index contributed by atoms with van der Waals surface area (Å²) in [7, 11) is -1.96. The van der Waals surface area contributed by atoms with Gasteiger partial charge in [0.05, 0.1) is 11.1 Å². The Morgan fingerprint density at radius 1 is 1.15 bits per heavy atom. The van der Waals surface area contributed by atoms with Gasteiger partial charge in [0.1, 0.15) is 5.82 Å². The minimum absolute atomic E-state index is 0.0261. The Kier molecular flexibility index (Phi) is 4.13. The molecule has 1 atom stereocenters. The van der Waals surface area contributed by atoms with Crippen molar-refractivity contribution in [3.05, 3.63) is 83.4 Å². The summed E-state index contributed by atoms with van der Waals surface area (Å²) in [5, 5.41) is 4.22. The fourth-order valence-corrected chi connectivity index (χ4v) is 4.90. The Morgan fingerprint density at radius 3 is 2.69 bits per heavy atom. The number of aromatic nitrogens is 2. The maximum Gasteiger partial charge on any atom is 0.243 e. The lowest BCUT2D eigenvalue weighted by atomic mass is 9.87. The van der Waals surface area contributed by atoms with Crippen LogP contribution in [0.3, 0.4) is 0 Å². The fraction of sp³-hybridized carbons (Fsp3) is 0.211. The van der Waals surface area contributed by atoms with E-state index in [-0.39, 0.29) is 17.4 Å². The van der Waals surface area contributed by atoms with Crippen LogP contribution in [0.25, 0.3) is 0 Å². The zero-order chi connectivity index (χ0) is 18.3. The molecule has 7 heteroatoms. The van der Waals surface area contributed by atoms with Gasteiger partial charge >= 0.3 is 0 Å². The van der Waals surface area contributed by atoms with Crippen molar-refractivity contribution in [1.29, 1.82) is 0 Å². The van der Waals surface area contributed by atoms with Gasteiger partial charge in [-0.15, -0.1) is 0 Å². The van der Waals surface area contributed by atoms with Crippen molar-refractivity contribution in [3.63, 3.8) is 0 Å². The van der Waals surface area contributed by atoms with Gasteiger partial charge in [-0.1, -0.05) is 30.3 Å². The highest BCUT2D eigenvalue weighted by atomic mass is 32.2. The van der Waals surface area contributed by atoms with Gasteiger partial charge in [0.15, 0.2) is 0 Å². The van der Waals surface area contributed by atoms with Crippen LogP contribution < -0.4 is 0 Å². The summed E-state index contributed by atoms with van der Waals surface area (Å²) in [6, 6.07) is 13.0. The van der Waals surface area contributed by atoms with Crippen LogP contribution in [0.2, 0.25) is 0 Å². The minimum Gasteiger partial charge on any atom is -0.276 e. The van der Waals surface area contributed by atoms with E-state index in [0.29, 0.717) is 6.54 Å². The molecule has 1 aromatic heterocycles. The summed E-state index contributed by atoms with van der Waals surface area (Å²) in [5.74, 6) is -0.677. The largest absolute Gasteiger partial charge is 0.276 e. The highest BCUT2D eigenvalue weighted by Crippen LogP contribution is 2.35. The molecule has 1 aliphatic rings. The molecule has 0 spiro atoms. The lowest BCUT2D eigenvalue weighted by Gasteiger charge is -2.33. The number of benzene rings is 2. The second-order valence-electron chi connectivity index (χ2n) is 6.45. The molecule has 0 aliphatic carbocycles.